The van der Waals surface area contributed by atoms with Crippen molar-refractivity contribution in [1.29, 1.82) is 0 Å². The van der Waals surface area contributed by atoms with Gasteiger partial charge in [0.25, 0.3) is 0 Å². The normalized spacial score (nSPS) is 26.7. The van der Waals surface area contributed by atoms with Gasteiger partial charge in [-0.1, -0.05) is 30.3 Å². The smallest absolute Gasteiger partial charge is 0.238 e. The van der Waals surface area contributed by atoms with Crippen molar-refractivity contribution in [2.45, 2.75) is 31.9 Å². The van der Waals surface area contributed by atoms with Gasteiger partial charge in [0.2, 0.25) is 11.8 Å². The number of carbonyl (C=O) groups is 2. The number of nitrogens with zero attached hydrogens (tertiary/aromatic N) is 1. The summed E-state index contributed by atoms with van der Waals surface area (Å²) in [6.07, 6.45) is 0.595. The van der Waals surface area contributed by atoms with Gasteiger partial charge >= 0.3 is 0 Å². The van der Waals surface area contributed by atoms with Crippen LogP contribution < -0.4 is 10.1 Å². The van der Waals surface area contributed by atoms with E-state index in [2.05, 4.69) is 5.32 Å². The van der Waals surface area contributed by atoms with Gasteiger partial charge in [-0.2, -0.15) is 0 Å². The summed E-state index contributed by atoms with van der Waals surface area (Å²) >= 11 is 0. The molecule has 26 heavy (non-hydrogen) atoms. The molecule has 3 atom stereocenters. The van der Waals surface area contributed by atoms with Gasteiger partial charge < -0.3 is 15.0 Å². The quantitative estimate of drug-likeness (QED) is 0.846. The standard InChI is InChI=1S/C21H22N2O3/c1-13-7-6-8-14(11-13)22-19(24)18-16-12-21(2,23(3)20(18)25)26-17-10-5-4-9-15(16)17/h4-11,16,18H,12H2,1-3H3,(H,22,24)/t16-,18-,21+/m0/s1. The highest BCUT2D eigenvalue weighted by atomic mass is 16.5. The first-order chi connectivity index (χ1) is 12.4. The minimum Gasteiger partial charge on any atom is -0.468 e. The molecule has 5 nitrogen and oxygen atoms in total. The maximum absolute atomic E-state index is 13.0. The minimum atomic E-state index is -0.765. The van der Waals surface area contributed by atoms with Crippen molar-refractivity contribution < 1.29 is 14.3 Å². The van der Waals surface area contributed by atoms with E-state index in [4.69, 9.17) is 4.74 Å². The van der Waals surface area contributed by atoms with E-state index in [1.165, 1.54) is 0 Å². The van der Waals surface area contributed by atoms with Gasteiger partial charge in [0.1, 0.15) is 11.7 Å². The van der Waals surface area contributed by atoms with Crippen LogP contribution >= 0.6 is 0 Å². The molecule has 0 saturated carbocycles. The number of amides is 2. The van der Waals surface area contributed by atoms with Crippen LogP contribution in [0.1, 0.15) is 30.4 Å². The predicted molar refractivity (Wildman–Crippen MR) is 98.9 cm³/mol. The van der Waals surface area contributed by atoms with E-state index >= 15 is 0 Å². The molecule has 0 spiro atoms. The third-order valence-electron chi connectivity index (χ3n) is 5.52. The number of anilines is 1. The summed E-state index contributed by atoms with van der Waals surface area (Å²) in [7, 11) is 1.71. The Morgan fingerprint density at radius 2 is 2.00 bits per heavy atom. The van der Waals surface area contributed by atoms with Crippen molar-refractivity contribution >= 4 is 17.5 Å². The number of rotatable bonds is 2. The molecule has 2 aromatic rings. The minimum absolute atomic E-state index is 0.196. The SMILES string of the molecule is Cc1cccc(NC(=O)[C@H]2C(=O)N(C)[C@@]3(C)C[C@H]2c2ccccc2O3)c1. The first-order valence-electron chi connectivity index (χ1n) is 8.82. The summed E-state index contributed by atoms with van der Waals surface area (Å²) < 4.78 is 6.11. The molecule has 2 bridgehead atoms. The largest absolute Gasteiger partial charge is 0.468 e. The Balaban J connectivity index is 1.71. The lowest BCUT2D eigenvalue weighted by atomic mass is 9.73. The molecule has 2 heterocycles. The average Bonchev–Trinajstić information content (AvgIpc) is 2.60. The van der Waals surface area contributed by atoms with Gasteiger partial charge in [0.15, 0.2) is 5.72 Å². The second kappa shape index (κ2) is 5.87. The zero-order valence-corrected chi connectivity index (χ0v) is 15.2. The van der Waals surface area contributed by atoms with E-state index in [-0.39, 0.29) is 17.7 Å². The van der Waals surface area contributed by atoms with Gasteiger partial charge in [0.05, 0.1) is 0 Å². The Morgan fingerprint density at radius 1 is 1.23 bits per heavy atom. The topological polar surface area (TPSA) is 58.6 Å². The van der Waals surface area contributed by atoms with Crippen LogP contribution in [0.2, 0.25) is 0 Å². The number of hydrogen-bond donors (Lipinski definition) is 1. The number of nitrogens with one attached hydrogen (secondary N) is 1. The number of para-hydroxylation sites is 1. The molecule has 1 fully saturated rings. The van der Waals surface area contributed by atoms with E-state index in [1.54, 1.807) is 11.9 Å². The van der Waals surface area contributed by atoms with Crippen LogP contribution in [0.3, 0.4) is 0 Å². The lowest BCUT2D eigenvalue weighted by Crippen LogP contribution is -2.62. The summed E-state index contributed by atoms with van der Waals surface area (Å²) in [4.78, 5) is 27.7. The van der Waals surface area contributed by atoms with Gasteiger partial charge in [0, 0.05) is 25.1 Å². The molecule has 0 aromatic heterocycles. The van der Waals surface area contributed by atoms with Crippen molar-refractivity contribution in [3.63, 3.8) is 0 Å². The van der Waals surface area contributed by atoms with Crippen molar-refractivity contribution in [3.8, 4) is 5.75 Å². The summed E-state index contributed by atoms with van der Waals surface area (Å²) in [5.74, 6) is -0.685. The van der Waals surface area contributed by atoms with E-state index < -0.39 is 11.6 Å². The molecule has 2 aliphatic heterocycles. The Hall–Kier alpha value is -2.82. The summed E-state index contributed by atoms with van der Waals surface area (Å²) in [5.41, 5.74) is 1.96. The molecule has 2 aliphatic rings. The number of fused-ring (bicyclic) bond motifs is 4. The number of hydrogen-bond acceptors (Lipinski definition) is 3. The van der Waals surface area contributed by atoms with Crippen LogP contribution in [-0.2, 0) is 9.59 Å². The second-order valence-electron chi connectivity index (χ2n) is 7.36. The molecule has 0 aliphatic carbocycles. The Morgan fingerprint density at radius 3 is 2.77 bits per heavy atom. The number of carbonyl (C=O) groups excluding carboxylic acids is 2. The van der Waals surface area contributed by atoms with Crippen LogP contribution in [0, 0.1) is 12.8 Å². The predicted octanol–water partition coefficient (Wildman–Crippen LogP) is 3.30. The van der Waals surface area contributed by atoms with Crippen molar-refractivity contribution in [1.82, 2.24) is 4.90 Å². The second-order valence-corrected chi connectivity index (χ2v) is 7.36. The molecular weight excluding hydrogens is 328 g/mol. The van der Waals surface area contributed by atoms with Crippen LogP contribution in [0.15, 0.2) is 48.5 Å². The molecular formula is C21H22N2O3. The van der Waals surface area contributed by atoms with Gasteiger partial charge in [-0.15, -0.1) is 0 Å². The van der Waals surface area contributed by atoms with Crippen LogP contribution in [0.25, 0.3) is 0 Å². The van der Waals surface area contributed by atoms with Crippen LogP contribution in [0.5, 0.6) is 5.75 Å². The fourth-order valence-corrected chi connectivity index (χ4v) is 4.03. The zero-order chi connectivity index (χ0) is 18.5. The van der Waals surface area contributed by atoms with Crippen molar-refractivity contribution in [2.24, 2.45) is 5.92 Å². The van der Waals surface area contributed by atoms with Gasteiger partial charge in [-0.3, -0.25) is 9.59 Å². The Bertz CT molecular complexity index is 894. The Labute approximate surface area is 153 Å². The number of likely N-dealkylation sites (tertiary alicyclic amines) is 1. The number of aryl methyl sites for hydroxylation is 1. The third-order valence-corrected chi connectivity index (χ3v) is 5.52. The molecule has 134 valence electrons. The molecule has 2 aromatic carbocycles. The molecule has 5 heteroatoms. The van der Waals surface area contributed by atoms with E-state index in [9.17, 15) is 9.59 Å². The zero-order valence-electron chi connectivity index (χ0n) is 15.2. The highest BCUT2D eigenvalue weighted by Crippen LogP contribution is 2.49. The molecule has 4 rings (SSSR count). The van der Waals surface area contributed by atoms with Gasteiger partial charge in [-0.05, 0) is 43.2 Å². The lowest BCUT2D eigenvalue weighted by Gasteiger charge is -2.51. The maximum Gasteiger partial charge on any atom is 0.238 e. The van der Waals surface area contributed by atoms with E-state index in [0.717, 1.165) is 16.9 Å². The number of benzene rings is 2. The lowest BCUT2D eigenvalue weighted by molar-refractivity contribution is -0.170. The number of ether oxygens (including phenoxy) is 1. The first-order valence-corrected chi connectivity index (χ1v) is 8.82. The van der Waals surface area contributed by atoms with Crippen molar-refractivity contribution in [2.75, 3.05) is 12.4 Å². The van der Waals surface area contributed by atoms with Gasteiger partial charge in [-0.25, -0.2) is 0 Å². The molecule has 1 N–H and O–H groups in total. The molecule has 0 unspecified atom stereocenters. The highest BCUT2D eigenvalue weighted by Gasteiger charge is 2.54. The average molecular weight is 350 g/mol. The third kappa shape index (κ3) is 2.55. The van der Waals surface area contributed by atoms with E-state index in [1.807, 2.05) is 62.4 Å². The molecule has 0 radical (unpaired) electrons. The molecule has 2 amide bonds. The van der Waals surface area contributed by atoms with Crippen molar-refractivity contribution in [3.05, 3.63) is 59.7 Å². The Kier molecular flexibility index (Phi) is 3.75. The monoisotopic (exact) mass is 350 g/mol. The van der Waals surface area contributed by atoms with Crippen LogP contribution in [0.4, 0.5) is 5.69 Å². The highest BCUT2D eigenvalue weighted by molar-refractivity contribution is 6.08. The fourth-order valence-electron chi connectivity index (χ4n) is 4.03. The van der Waals surface area contributed by atoms with E-state index in [0.29, 0.717) is 12.1 Å². The molecule has 1 saturated heterocycles. The first kappa shape index (κ1) is 16.6. The number of piperidine rings is 1. The van der Waals surface area contributed by atoms with Crippen LogP contribution in [-0.4, -0.2) is 29.5 Å². The summed E-state index contributed by atoms with van der Waals surface area (Å²) in [6.45, 7) is 3.87. The fraction of sp³-hybridized carbons (Fsp3) is 0.333. The maximum atomic E-state index is 13.0. The summed E-state index contributed by atoms with van der Waals surface area (Å²) in [5, 5.41) is 2.92. The summed E-state index contributed by atoms with van der Waals surface area (Å²) in [6, 6.07) is 15.3.